The second kappa shape index (κ2) is 6.33. The zero-order chi connectivity index (χ0) is 14.7. The molecule has 0 unspecified atom stereocenters. The molecule has 0 aliphatic carbocycles. The van der Waals surface area contributed by atoms with Crippen LogP contribution in [0.15, 0.2) is 45.8 Å². The first-order valence-electron chi connectivity index (χ1n) is 5.98. The van der Waals surface area contributed by atoms with Crippen molar-refractivity contribution in [2.75, 3.05) is 5.73 Å². The van der Waals surface area contributed by atoms with E-state index in [9.17, 15) is 4.79 Å². The van der Waals surface area contributed by atoms with Crippen LogP contribution >= 0.6 is 27.7 Å². The minimum Gasteiger partial charge on any atom is -0.478 e. The fourth-order valence-electron chi connectivity index (χ4n) is 1.74. The Morgan fingerprint density at radius 2 is 2.10 bits per heavy atom. The van der Waals surface area contributed by atoms with Crippen molar-refractivity contribution < 1.29 is 9.90 Å². The highest BCUT2D eigenvalue weighted by molar-refractivity contribution is 9.10. The van der Waals surface area contributed by atoms with Gasteiger partial charge in [-0.2, -0.15) is 0 Å². The molecule has 0 aliphatic rings. The first-order valence-corrected chi connectivity index (χ1v) is 7.76. The summed E-state index contributed by atoms with van der Waals surface area (Å²) in [6, 6.07) is 10.9. The Labute approximate surface area is 130 Å². The normalized spacial score (nSPS) is 10.5. The van der Waals surface area contributed by atoms with Crippen molar-refractivity contribution in [1.82, 2.24) is 0 Å². The monoisotopic (exact) mass is 351 g/mol. The Hall–Kier alpha value is -1.46. The number of rotatable bonds is 4. The quantitative estimate of drug-likeness (QED) is 0.635. The van der Waals surface area contributed by atoms with Crippen LogP contribution < -0.4 is 5.73 Å². The molecular weight excluding hydrogens is 338 g/mol. The number of carbonyl (C=O) groups is 1. The Bertz CT molecular complexity index is 658. The fraction of sp³-hybridized carbons (Fsp3) is 0.133. The van der Waals surface area contributed by atoms with E-state index in [1.807, 2.05) is 31.2 Å². The van der Waals surface area contributed by atoms with Crippen molar-refractivity contribution in [3.63, 3.8) is 0 Å². The van der Waals surface area contributed by atoms with Gasteiger partial charge in [0.25, 0.3) is 0 Å². The predicted octanol–water partition coefficient (Wildman–Crippen LogP) is 4.33. The highest BCUT2D eigenvalue weighted by atomic mass is 79.9. The molecule has 0 aromatic heterocycles. The maximum atomic E-state index is 10.9. The van der Waals surface area contributed by atoms with E-state index in [1.165, 1.54) is 0 Å². The van der Waals surface area contributed by atoms with Gasteiger partial charge in [0.05, 0.1) is 5.56 Å². The summed E-state index contributed by atoms with van der Waals surface area (Å²) in [6.45, 7) is 2.00. The van der Waals surface area contributed by atoms with Crippen LogP contribution in [-0.2, 0) is 5.75 Å². The van der Waals surface area contributed by atoms with Crippen LogP contribution in [0.2, 0.25) is 0 Å². The average Bonchev–Trinajstić information content (AvgIpc) is 2.41. The van der Waals surface area contributed by atoms with Gasteiger partial charge in [0.2, 0.25) is 0 Å². The minimum absolute atomic E-state index is 0.283. The largest absolute Gasteiger partial charge is 0.478 e. The summed E-state index contributed by atoms with van der Waals surface area (Å²) >= 11 is 5.11. The van der Waals surface area contributed by atoms with Gasteiger partial charge in [-0.05, 0) is 42.3 Å². The number of aromatic carboxylic acids is 1. The maximum absolute atomic E-state index is 10.9. The summed E-state index contributed by atoms with van der Waals surface area (Å²) in [7, 11) is 0. The van der Waals surface area contributed by atoms with Crippen LogP contribution in [-0.4, -0.2) is 11.1 Å². The lowest BCUT2D eigenvalue weighted by molar-refractivity contribution is 0.0697. The van der Waals surface area contributed by atoms with Crippen molar-refractivity contribution in [2.24, 2.45) is 0 Å². The number of halogens is 1. The Morgan fingerprint density at radius 1 is 1.35 bits per heavy atom. The standard InChI is InChI=1S/C15H14BrNO2S/c1-9-13(17)3-2-4-14(9)20-8-11-6-5-10(15(18)19)7-12(11)16/h2-7H,8,17H2,1H3,(H,18,19). The number of hydrogen-bond acceptors (Lipinski definition) is 3. The maximum Gasteiger partial charge on any atom is 0.335 e. The average molecular weight is 352 g/mol. The molecular formula is C15H14BrNO2S. The van der Waals surface area contributed by atoms with Crippen molar-refractivity contribution in [3.05, 3.63) is 57.6 Å². The number of carboxylic acid groups (broad SMARTS) is 1. The molecule has 0 radical (unpaired) electrons. The van der Waals surface area contributed by atoms with E-state index in [2.05, 4.69) is 15.9 Å². The van der Waals surface area contributed by atoms with Gasteiger partial charge in [0.1, 0.15) is 0 Å². The predicted molar refractivity (Wildman–Crippen MR) is 86.3 cm³/mol. The lowest BCUT2D eigenvalue weighted by Gasteiger charge is -2.09. The summed E-state index contributed by atoms with van der Waals surface area (Å²) < 4.78 is 0.812. The van der Waals surface area contributed by atoms with E-state index >= 15 is 0 Å². The van der Waals surface area contributed by atoms with Gasteiger partial charge in [-0.3, -0.25) is 0 Å². The Kier molecular flexibility index (Phi) is 4.73. The number of hydrogen-bond donors (Lipinski definition) is 2. The highest BCUT2D eigenvalue weighted by Gasteiger charge is 2.08. The third-order valence-corrected chi connectivity index (χ3v) is 4.96. The number of carboxylic acids is 1. The Balaban J connectivity index is 2.15. The van der Waals surface area contributed by atoms with Crippen molar-refractivity contribution in [1.29, 1.82) is 0 Å². The molecule has 0 fully saturated rings. The van der Waals surface area contributed by atoms with E-state index in [4.69, 9.17) is 10.8 Å². The lowest BCUT2D eigenvalue weighted by Crippen LogP contribution is -1.97. The molecule has 2 aromatic rings. The molecule has 3 nitrogen and oxygen atoms in total. The van der Waals surface area contributed by atoms with Crippen LogP contribution in [0.3, 0.4) is 0 Å². The second-order valence-electron chi connectivity index (χ2n) is 4.37. The van der Waals surface area contributed by atoms with Crippen molar-refractivity contribution in [3.8, 4) is 0 Å². The van der Waals surface area contributed by atoms with Crippen LogP contribution in [0, 0.1) is 6.92 Å². The first kappa shape index (κ1) is 14.9. The van der Waals surface area contributed by atoms with Crippen LogP contribution in [0.4, 0.5) is 5.69 Å². The first-order chi connectivity index (χ1) is 9.49. The second-order valence-corrected chi connectivity index (χ2v) is 6.24. The summed E-state index contributed by atoms with van der Waals surface area (Å²) in [4.78, 5) is 12.0. The molecule has 3 N–H and O–H groups in total. The molecule has 0 bridgehead atoms. The molecule has 2 rings (SSSR count). The molecule has 0 saturated carbocycles. The van der Waals surface area contributed by atoms with Crippen LogP contribution in [0.25, 0.3) is 0 Å². The fourth-order valence-corrected chi connectivity index (χ4v) is 3.52. The summed E-state index contributed by atoms with van der Waals surface area (Å²) in [5.74, 6) is -0.165. The molecule has 0 saturated heterocycles. The van der Waals surface area contributed by atoms with Crippen molar-refractivity contribution in [2.45, 2.75) is 17.6 Å². The highest BCUT2D eigenvalue weighted by Crippen LogP contribution is 2.31. The molecule has 0 aliphatic heterocycles. The summed E-state index contributed by atoms with van der Waals surface area (Å²) in [6.07, 6.45) is 0. The third-order valence-electron chi connectivity index (χ3n) is 3.01. The number of nitrogens with two attached hydrogens (primary N) is 1. The third kappa shape index (κ3) is 3.35. The molecule has 104 valence electrons. The van der Waals surface area contributed by atoms with Gasteiger partial charge in [-0.25, -0.2) is 4.79 Å². The van der Waals surface area contributed by atoms with Gasteiger partial charge in [-0.1, -0.05) is 28.1 Å². The minimum atomic E-state index is -0.920. The van der Waals surface area contributed by atoms with Gasteiger partial charge < -0.3 is 10.8 Å². The van der Waals surface area contributed by atoms with E-state index in [0.717, 1.165) is 31.9 Å². The SMILES string of the molecule is Cc1c(N)cccc1SCc1ccc(C(=O)O)cc1Br. The molecule has 20 heavy (non-hydrogen) atoms. The smallest absolute Gasteiger partial charge is 0.335 e. The van der Waals surface area contributed by atoms with Gasteiger partial charge in [0, 0.05) is 20.8 Å². The number of anilines is 1. The Morgan fingerprint density at radius 3 is 2.75 bits per heavy atom. The topological polar surface area (TPSA) is 63.3 Å². The zero-order valence-electron chi connectivity index (χ0n) is 10.9. The molecule has 0 spiro atoms. The van der Waals surface area contributed by atoms with Gasteiger partial charge in [-0.15, -0.1) is 11.8 Å². The number of nitrogen functional groups attached to an aromatic ring is 1. The van der Waals surface area contributed by atoms with Crippen molar-refractivity contribution >= 4 is 39.3 Å². The van der Waals surface area contributed by atoms with E-state index in [-0.39, 0.29) is 5.56 Å². The zero-order valence-corrected chi connectivity index (χ0v) is 13.3. The van der Waals surface area contributed by atoms with Crippen LogP contribution in [0.1, 0.15) is 21.5 Å². The molecule has 0 amide bonds. The molecule has 0 atom stereocenters. The van der Waals surface area contributed by atoms with E-state index < -0.39 is 5.97 Å². The lowest BCUT2D eigenvalue weighted by atomic mass is 10.1. The molecule has 5 heteroatoms. The van der Waals surface area contributed by atoms with E-state index in [0.29, 0.717) is 0 Å². The van der Waals surface area contributed by atoms with Gasteiger partial charge >= 0.3 is 5.97 Å². The number of benzene rings is 2. The summed E-state index contributed by atoms with van der Waals surface area (Å²) in [5, 5.41) is 8.94. The summed E-state index contributed by atoms with van der Waals surface area (Å²) in [5.41, 5.74) is 9.09. The number of thioether (sulfide) groups is 1. The molecule has 0 heterocycles. The van der Waals surface area contributed by atoms with E-state index in [1.54, 1.807) is 23.9 Å². The van der Waals surface area contributed by atoms with Gasteiger partial charge in [0.15, 0.2) is 0 Å². The van der Waals surface area contributed by atoms with Crippen LogP contribution in [0.5, 0.6) is 0 Å². The molecule has 2 aromatic carbocycles.